The van der Waals surface area contributed by atoms with Gasteiger partial charge in [-0.3, -0.25) is 19.5 Å². The lowest BCUT2D eigenvalue weighted by molar-refractivity contribution is 0.102. The maximum absolute atomic E-state index is 12.6. The summed E-state index contributed by atoms with van der Waals surface area (Å²) in [6.45, 7) is 0.634. The topological polar surface area (TPSA) is 101 Å². The zero-order valence-electron chi connectivity index (χ0n) is 14.5. The summed E-state index contributed by atoms with van der Waals surface area (Å²) in [5.74, 6) is 0.113. The number of hydrogen-bond acceptors (Lipinski definition) is 5. The van der Waals surface area contributed by atoms with Crippen molar-refractivity contribution in [2.24, 2.45) is 4.99 Å². The van der Waals surface area contributed by atoms with Gasteiger partial charge in [-0.1, -0.05) is 12.5 Å². The average Bonchev–Trinajstić information content (AvgIpc) is 2.90. The highest BCUT2D eigenvalue weighted by molar-refractivity contribution is 9.10. The Labute approximate surface area is 166 Å². The monoisotopic (exact) mass is 450 g/mol. The molecule has 1 amide bonds. The van der Waals surface area contributed by atoms with Gasteiger partial charge in [0.15, 0.2) is 0 Å². The molecule has 0 unspecified atom stereocenters. The average molecular weight is 451 g/mol. The van der Waals surface area contributed by atoms with Gasteiger partial charge < -0.3 is 5.32 Å². The molecule has 0 saturated heterocycles. The van der Waals surface area contributed by atoms with Gasteiger partial charge >= 0.3 is 0 Å². The first-order valence-corrected chi connectivity index (χ1v) is 10.8. The molecule has 1 aliphatic heterocycles. The highest BCUT2D eigenvalue weighted by Crippen LogP contribution is 2.18. The number of aliphatic imine (C=N–C) groups is 1. The molecular formula is C18H19BrN4O3S. The first-order valence-electron chi connectivity index (χ1n) is 8.52. The zero-order valence-corrected chi connectivity index (χ0v) is 16.9. The molecule has 2 heterocycles. The third-order valence-corrected chi connectivity index (χ3v) is 5.81. The number of nitrogens with zero attached hydrogens (tertiary/aromatic N) is 2. The molecule has 9 heteroatoms. The standard InChI is InChI=1S/C18H19BrN4O3S/c19-14-9-13(11-20-12-14)18(24)22-15-5-4-6-16(10-15)27(25,26)23-17-7-2-1-3-8-21-17/h4-6,9-12H,1-3,7-8H2,(H,21,23)(H,22,24). The Balaban J connectivity index is 1.76. The van der Waals surface area contributed by atoms with Crippen LogP contribution in [0, 0.1) is 0 Å². The van der Waals surface area contributed by atoms with Gasteiger partial charge in [0.1, 0.15) is 5.84 Å². The number of benzene rings is 1. The second-order valence-corrected chi connectivity index (χ2v) is 8.72. The highest BCUT2D eigenvalue weighted by Gasteiger charge is 2.18. The van der Waals surface area contributed by atoms with Crippen LogP contribution in [0.5, 0.6) is 0 Å². The van der Waals surface area contributed by atoms with E-state index in [-0.39, 0.29) is 10.8 Å². The van der Waals surface area contributed by atoms with Crippen LogP contribution in [0.3, 0.4) is 0 Å². The summed E-state index contributed by atoms with van der Waals surface area (Å²) in [6, 6.07) is 7.75. The Morgan fingerprint density at radius 1 is 1.11 bits per heavy atom. The van der Waals surface area contributed by atoms with Gasteiger partial charge in [-0.05, 0) is 53.0 Å². The van der Waals surface area contributed by atoms with E-state index in [4.69, 9.17) is 0 Å². The van der Waals surface area contributed by atoms with E-state index in [9.17, 15) is 13.2 Å². The lowest BCUT2D eigenvalue weighted by atomic mass is 10.2. The molecule has 0 spiro atoms. The normalized spacial score (nSPS) is 14.8. The van der Waals surface area contributed by atoms with Crippen molar-refractivity contribution in [3.05, 3.63) is 52.8 Å². The summed E-state index contributed by atoms with van der Waals surface area (Å²) in [4.78, 5) is 20.6. The van der Waals surface area contributed by atoms with Crippen LogP contribution in [0.4, 0.5) is 5.69 Å². The fraction of sp³-hybridized carbons (Fsp3) is 0.278. The number of pyridine rings is 1. The minimum atomic E-state index is -3.76. The van der Waals surface area contributed by atoms with Crippen molar-refractivity contribution in [3.8, 4) is 0 Å². The molecule has 0 aliphatic carbocycles. The van der Waals surface area contributed by atoms with E-state index >= 15 is 0 Å². The molecule has 0 bridgehead atoms. The molecule has 0 fully saturated rings. The summed E-state index contributed by atoms with van der Waals surface area (Å²) in [7, 11) is -3.76. The maximum atomic E-state index is 12.6. The van der Waals surface area contributed by atoms with Crippen molar-refractivity contribution in [1.82, 2.24) is 9.71 Å². The van der Waals surface area contributed by atoms with Crippen molar-refractivity contribution in [1.29, 1.82) is 0 Å². The van der Waals surface area contributed by atoms with Crippen molar-refractivity contribution >= 4 is 43.4 Å². The lowest BCUT2D eigenvalue weighted by Crippen LogP contribution is -2.30. The molecule has 0 saturated carbocycles. The molecule has 142 valence electrons. The number of nitrogens with one attached hydrogen (secondary N) is 2. The number of rotatable bonds is 4. The molecule has 1 aromatic heterocycles. The van der Waals surface area contributed by atoms with Crippen LogP contribution in [0.2, 0.25) is 0 Å². The van der Waals surface area contributed by atoms with Crippen LogP contribution in [-0.2, 0) is 10.0 Å². The molecule has 1 aliphatic rings. The Morgan fingerprint density at radius 3 is 2.78 bits per heavy atom. The Hall–Kier alpha value is -2.26. The predicted octanol–water partition coefficient (Wildman–Crippen LogP) is 3.35. The number of amides is 1. The Bertz CT molecular complexity index is 976. The predicted molar refractivity (Wildman–Crippen MR) is 107 cm³/mol. The fourth-order valence-electron chi connectivity index (χ4n) is 2.65. The molecule has 2 N–H and O–H groups in total. The first-order chi connectivity index (χ1) is 12.9. The van der Waals surface area contributed by atoms with Gasteiger partial charge in [0.2, 0.25) is 0 Å². The van der Waals surface area contributed by atoms with Crippen molar-refractivity contribution < 1.29 is 13.2 Å². The smallest absolute Gasteiger partial charge is 0.262 e. The van der Waals surface area contributed by atoms with Crippen molar-refractivity contribution in [2.75, 3.05) is 11.9 Å². The summed E-state index contributed by atoms with van der Waals surface area (Å²) in [5.41, 5.74) is 0.745. The van der Waals surface area contributed by atoms with Gasteiger partial charge in [-0.15, -0.1) is 0 Å². The van der Waals surface area contributed by atoms with Crippen molar-refractivity contribution in [3.63, 3.8) is 0 Å². The van der Waals surface area contributed by atoms with Crippen molar-refractivity contribution in [2.45, 2.75) is 30.6 Å². The molecule has 2 aromatic rings. The zero-order chi connectivity index (χ0) is 19.3. The van der Waals surface area contributed by atoms with Crippen LogP contribution >= 0.6 is 15.9 Å². The van der Waals surface area contributed by atoms with Crippen LogP contribution in [0.15, 0.2) is 57.1 Å². The minimum Gasteiger partial charge on any atom is -0.322 e. The number of carbonyl (C=O) groups excluding carboxylic acids is 1. The number of anilines is 1. The van der Waals surface area contributed by atoms with E-state index in [1.165, 1.54) is 18.3 Å². The van der Waals surface area contributed by atoms with E-state index in [0.717, 1.165) is 19.3 Å². The number of aromatic nitrogens is 1. The van der Waals surface area contributed by atoms with E-state index in [1.54, 1.807) is 24.4 Å². The summed E-state index contributed by atoms with van der Waals surface area (Å²) < 4.78 is 28.5. The van der Waals surface area contributed by atoms with Crippen LogP contribution in [-0.4, -0.2) is 31.7 Å². The van der Waals surface area contributed by atoms with Crippen LogP contribution < -0.4 is 10.0 Å². The second kappa shape index (κ2) is 8.62. The number of halogens is 1. The Morgan fingerprint density at radius 2 is 1.96 bits per heavy atom. The number of sulfonamides is 1. The van der Waals surface area contributed by atoms with Crippen LogP contribution in [0.1, 0.15) is 36.0 Å². The molecule has 0 atom stereocenters. The largest absolute Gasteiger partial charge is 0.322 e. The van der Waals surface area contributed by atoms with Gasteiger partial charge in [0.25, 0.3) is 15.9 Å². The van der Waals surface area contributed by atoms with Gasteiger partial charge in [0.05, 0.1) is 10.5 Å². The Kier molecular flexibility index (Phi) is 6.22. The van der Waals surface area contributed by atoms with Gasteiger partial charge in [-0.2, -0.15) is 0 Å². The second-order valence-electron chi connectivity index (χ2n) is 6.12. The highest BCUT2D eigenvalue weighted by atomic mass is 79.9. The number of carbonyl (C=O) groups is 1. The summed E-state index contributed by atoms with van der Waals surface area (Å²) in [6.07, 6.45) is 6.56. The first kappa shape index (κ1) is 19.5. The van der Waals surface area contributed by atoms with Crippen LogP contribution in [0.25, 0.3) is 0 Å². The molecule has 7 nitrogen and oxygen atoms in total. The SMILES string of the molecule is O=C(Nc1cccc(S(=O)(=O)NC2=NCCCCC2)c1)c1cncc(Br)c1. The molecule has 0 radical (unpaired) electrons. The summed E-state index contributed by atoms with van der Waals surface area (Å²) >= 11 is 3.26. The molecule has 3 rings (SSSR count). The third-order valence-electron chi connectivity index (χ3n) is 4.00. The van der Waals surface area contributed by atoms with E-state index in [2.05, 4.69) is 35.9 Å². The van der Waals surface area contributed by atoms with E-state index in [0.29, 0.717) is 34.5 Å². The molecule has 1 aromatic carbocycles. The number of amidine groups is 1. The van der Waals surface area contributed by atoms with E-state index in [1.807, 2.05) is 0 Å². The third kappa shape index (κ3) is 5.36. The van der Waals surface area contributed by atoms with E-state index < -0.39 is 10.0 Å². The fourth-order valence-corrected chi connectivity index (χ4v) is 4.15. The lowest BCUT2D eigenvalue weighted by Gasteiger charge is -2.11. The summed E-state index contributed by atoms with van der Waals surface area (Å²) in [5, 5.41) is 2.69. The van der Waals surface area contributed by atoms with Gasteiger partial charge in [0, 0.05) is 35.5 Å². The maximum Gasteiger partial charge on any atom is 0.262 e. The quantitative estimate of drug-likeness (QED) is 0.745. The number of hydrogen-bond donors (Lipinski definition) is 2. The molecular weight excluding hydrogens is 432 g/mol. The van der Waals surface area contributed by atoms with Gasteiger partial charge in [-0.25, -0.2) is 8.42 Å². The minimum absolute atomic E-state index is 0.0691. The molecule has 27 heavy (non-hydrogen) atoms.